The van der Waals surface area contributed by atoms with Gasteiger partial charge in [0.15, 0.2) is 0 Å². The Morgan fingerprint density at radius 2 is 2.38 bits per heavy atom. The van der Waals surface area contributed by atoms with E-state index >= 15 is 0 Å². The minimum absolute atomic E-state index is 0.254. The highest BCUT2D eigenvalue weighted by molar-refractivity contribution is 7.19. The monoisotopic (exact) mass is 254 g/mol. The summed E-state index contributed by atoms with van der Waals surface area (Å²) >= 11 is 7.44. The maximum absolute atomic E-state index is 9.68. The normalized spacial score (nSPS) is 19.8. The zero-order chi connectivity index (χ0) is 11.1. The molecule has 16 heavy (non-hydrogen) atoms. The predicted octanol–water partition coefficient (Wildman–Crippen LogP) is 2.57. The molecule has 0 fully saturated rings. The lowest BCUT2D eigenvalue weighted by atomic mass is 10.1. The molecule has 1 aliphatic rings. The summed E-state index contributed by atoms with van der Waals surface area (Å²) in [6.07, 6.45) is 3.37. The van der Waals surface area contributed by atoms with E-state index in [-0.39, 0.29) is 6.10 Å². The first-order chi connectivity index (χ1) is 7.74. The number of aliphatic hydroxyl groups excluding tert-OH is 1. The number of hydrogen-bond acceptors (Lipinski definition) is 3. The average molecular weight is 255 g/mol. The quantitative estimate of drug-likeness (QED) is 0.850. The molecule has 3 rings (SSSR count). The fraction of sp³-hybridized carbons (Fsp3) is 0.364. The molecule has 0 amide bonds. The summed E-state index contributed by atoms with van der Waals surface area (Å²) in [6, 6.07) is 3.85. The highest BCUT2D eigenvalue weighted by Crippen LogP contribution is 2.32. The number of aliphatic hydroxyl groups is 1. The zero-order valence-electron chi connectivity index (χ0n) is 8.56. The van der Waals surface area contributed by atoms with Crippen molar-refractivity contribution in [2.24, 2.45) is 0 Å². The fourth-order valence-corrected chi connectivity index (χ4v) is 3.11. The van der Waals surface area contributed by atoms with Crippen molar-refractivity contribution >= 4 is 22.9 Å². The van der Waals surface area contributed by atoms with Gasteiger partial charge in [0, 0.05) is 11.9 Å². The molecule has 1 aliphatic heterocycles. The number of rotatable bonds is 1. The second-order valence-electron chi connectivity index (χ2n) is 3.98. The third-order valence-electron chi connectivity index (χ3n) is 2.86. The minimum atomic E-state index is -0.254. The van der Waals surface area contributed by atoms with Crippen molar-refractivity contribution in [3.05, 3.63) is 28.4 Å². The van der Waals surface area contributed by atoms with Gasteiger partial charge in [-0.05, 0) is 25.0 Å². The molecule has 0 bridgehead atoms. The molecule has 0 radical (unpaired) electrons. The Morgan fingerprint density at radius 1 is 1.50 bits per heavy atom. The van der Waals surface area contributed by atoms with Gasteiger partial charge in [0.1, 0.15) is 5.82 Å². The van der Waals surface area contributed by atoms with Crippen LogP contribution in [0.2, 0.25) is 4.34 Å². The SMILES string of the molecule is OC1CCc2cnc(-c3ccc(Cl)s3)n2C1. The van der Waals surface area contributed by atoms with Crippen molar-refractivity contribution in [3.8, 4) is 10.7 Å². The number of aryl methyl sites for hydroxylation is 1. The van der Waals surface area contributed by atoms with Crippen LogP contribution in [-0.4, -0.2) is 20.8 Å². The molecule has 0 saturated heterocycles. The highest BCUT2D eigenvalue weighted by atomic mass is 35.5. The van der Waals surface area contributed by atoms with Gasteiger partial charge in [-0.25, -0.2) is 4.98 Å². The van der Waals surface area contributed by atoms with Crippen LogP contribution >= 0.6 is 22.9 Å². The number of thiophene rings is 1. The van der Waals surface area contributed by atoms with Crippen molar-refractivity contribution in [2.45, 2.75) is 25.5 Å². The van der Waals surface area contributed by atoms with Crippen LogP contribution in [0, 0.1) is 0 Å². The fourth-order valence-electron chi connectivity index (χ4n) is 2.06. The standard InChI is InChI=1S/C11H11ClN2OS/c12-10-4-3-9(16-10)11-13-5-7-1-2-8(15)6-14(7)11/h3-5,8,15H,1-2,6H2. The minimum Gasteiger partial charge on any atom is -0.391 e. The van der Waals surface area contributed by atoms with Gasteiger partial charge in [0.2, 0.25) is 0 Å². The van der Waals surface area contributed by atoms with Crippen molar-refractivity contribution in [1.29, 1.82) is 0 Å². The Hall–Kier alpha value is -0.840. The molecule has 2 aromatic rings. The van der Waals surface area contributed by atoms with Gasteiger partial charge in [0.05, 0.1) is 21.9 Å². The third kappa shape index (κ3) is 1.67. The Morgan fingerprint density at radius 3 is 3.12 bits per heavy atom. The van der Waals surface area contributed by atoms with Gasteiger partial charge in [-0.3, -0.25) is 0 Å². The van der Waals surface area contributed by atoms with E-state index in [2.05, 4.69) is 9.55 Å². The lowest BCUT2D eigenvalue weighted by molar-refractivity contribution is 0.132. The maximum atomic E-state index is 9.68. The van der Waals surface area contributed by atoms with E-state index in [0.29, 0.717) is 6.54 Å². The lowest BCUT2D eigenvalue weighted by Crippen LogP contribution is -2.24. The van der Waals surface area contributed by atoms with Crippen LogP contribution in [0.3, 0.4) is 0 Å². The Balaban J connectivity index is 2.06. The molecule has 0 saturated carbocycles. The largest absolute Gasteiger partial charge is 0.391 e. The second-order valence-corrected chi connectivity index (χ2v) is 5.70. The smallest absolute Gasteiger partial charge is 0.150 e. The molecule has 5 heteroatoms. The second kappa shape index (κ2) is 3.87. The van der Waals surface area contributed by atoms with Gasteiger partial charge in [-0.1, -0.05) is 11.6 Å². The van der Waals surface area contributed by atoms with E-state index in [9.17, 15) is 5.11 Å². The number of halogens is 1. The molecule has 3 heterocycles. The van der Waals surface area contributed by atoms with Crippen molar-refractivity contribution in [3.63, 3.8) is 0 Å². The molecule has 2 aromatic heterocycles. The molecular weight excluding hydrogens is 244 g/mol. The van der Waals surface area contributed by atoms with Crippen molar-refractivity contribution < 1.29 is 5.11 Å². The summed E-state index contributed by atoms with van der Waals surface area (Å²) in [4.78, 5) is 5.48. The zero-order valence-corrected chi connectivity index (χ0v) is 10.1. The van der Waals surface area contributed by atoms with Gasteiger partial charge < -0.3 is 9.67 Å². The molecule has 0 aromatic carbocycles. The van der Waals surface area contributed by atoms with Crippen LogP contribution in [0.1, 0.15) is 12.1 Å². The van der Waals surface area contributed by atoms with E-state index in [0.717, 1.165) is 27.9 Å². The van der Waals surface area contributed by atoms with Crippen LogP contribution < -0.4 is 0 Å². The van der Waals surface area contributed by atoms with Gasteiger partial charge >= 0.3 is 0 Å². The van der Waals surface area contributed by atoms with E-state index in [1.54, 1.807) is 0 Å². The number of fused-ring (bicyclic) bond motifs is 1. The summed E-state index contributed by atoms with van der Waals surface area (Å²) in [5.41, 5.74) is 1.20. The molecule has 3 nitrogen and oxygen atoms in total. The van der Waals surface area contributed by atoms with Crippen LogP contribution in [0.15, 0.2) is 18.3 Å². The van der Waals surface area contributed by atoms with Gasteiger partial charge in [0.25, 0.3) is 0 Å². The Bertz CT molecular complexity index is 520. The molecule has 0 aliphatic carbocycles. The Labute approximate surface area is 102 Å². The lowest BCUT2D eigenvalue weighted by Gasteiger charge is -2.21. The summed E-state index contributed by atoms with van der Waals surface area (Å²) < 4.78 is 2.86. The van der Waals surface area contributed by atoms with E-state index < -0.39 is 0 Å². The van der Waals surface area contributed by atoms with E-state index in [1.807, 2.05) is 18.3 Å². The Kier molecular flexibility index (Phi) is 2.50. The first-order valence-electron chi connectivity index (χ1n) is 5.22. The number of hydrogen-bond donors (Lipinski definition) is 1. The third-order valence-corrected chi connectivity index (χ3v) is 4.09. The highest BCUT2D eigenvalue weighted by Gasteiger charge is 2.20. The number of nitrogens with zero attached hydrogens (tertiary/aromatic N) is 2. The summed E-state index contributed by atoms with van der Waals surface area (Å²) in [5, 5.41) is 9.68. The molecule has 1 N–H and O–H groups in total. The first kappa shape index (κ1) is 10.3. The maximum Gasteiger partial charge on any atom is 0.150 e. The molecule has 84 valence electrons. The topological polar surface area (TPSA) is 38.1 Å². The van der Waals surface area contributed by atoms with Crippen LogP contribution in [0.4, 0.5) is 0 Å². The number of aromatic nitrogens is 2. The predicted molar refractivity (Wildman–Crippen MR) is 64.9 cm³/mol. The van der Waals surface area contributed by atoms with Gasteiger partial charge in [-0.15, -0.1) is 11.3 Å². The summed E-state index contributed by atoms with van der Waals surface area (Å²) in [6.45, 7) is 0.639. The van der Waals surface area contributed by atoms with Crippen molar-refractivity contribution in [2.75, 3.05) is 0 Å². The molecular formula is C11H11ClN2OS. The van der Waals surface area contributed by atoms with Crippen LogP contribution in [0.25, 0.3) is 10.7 Å². The molecule has 1 unspecified atom stereocenters. The first-order valence-corrected chi connectivity index (χ1v) is 6.41. The van der Waals surface area contributed by atoms with E-state index in [4.69, 9.17) is 11.6 Å². The summed E-state index contributed by atoms with van der Waals surface area (Å²) in [5.74, 6) is 0.922. The number of imidazole rings is 1. The van der Waals surface area contributed by atoms with Crippen LogP contribution in [-0.2, 0) is 13.0 Å². The van der Waals surface area contributed by atoms with E-state index in [1.165, 1.54) is 17.0 Å². The molecule has 0 spiro atoms. The average Bonchev–Trinajstić information content (AvgIpc) is 2.83. The summed E-state index contributed by atoms with van der Waals surface area (Å²) in [7, 11) is 0. The van der Waals surface area contributed by atoms with Crippen molar-refractivity contribution in [1.82, 2.24) is 9.55 Å². The van der Waals surface area contributed by atoms with Gasteiger partial charge in [-0.2, -0.15) is 0 Å². The van der Waals surface area contributed by atoms with Crippen LogP contribution in [0.5, 0.6) is 0 Å². The molecule has 1 atom stereocenters.